The maximum Gasteiger partial charge on any atom is 0.0416 e. The first-order chi connectivity index (χ1) is 9.28. The largest absolute Gasteiger partial charge is 0.311 e. The zero-order chi connectivity index (χ0) is 13.5. The molecular formula is C16H27N3. The highest BCUT2D eigenvalue weighted by atomic mass is 15.1. The molecule has 0 aromatic carbocycles. The molecule has 1 N–H and O–H groups in total. The second-order valence-corrected chi connectivity index (χ2v) is 5.66. The fourth-order valence-electron chi connectivity index (χ4n) is 2.76. The van der Waals surface area contributed by atoms with Gasteiger partial charge in [-0.25, -0.2) is 0 Å². The van der Waals surface area contributed by atoms with Gasteiger partial charge in [0.05, 0.1) is 0 Å². The van der Waals surface area contributed by atoms with E-state index in [-0.39, 0.29) is 0 Å². The van der Waals surface area contributed by atoms with Crippen molar-refractivity contribution >= 4 is 0 Å². The highest BCUT2D eigenvalue weighted by Gasteiger charge is 2.17. The van der Waals surface area contributed by atoms with Gasteiger partial charge in [0.2, 0.25) is 0 Å². The van der Waals surface area contributed by atoms with E-state index >= 15 is 0 Å². The fraction of sp³-hybridized carbons (Fsp3) is 0.688. The van der Waals surface area contributed by atoms with Crippen LogP contribution in [0.2, 0.25) is 0 Å². The summed E-state index contributed by atoms with van der Waals surface area (Å²) >= 11 is 0. The lowest BCUT2D eigenvalue weighted by atomic mass is 10.1. The van der Waals surface area contributed by atoms with E-state index in [1.165, 1.54) is 38.0 Å². The van der Waals surface area contributed by atoms with Crippen molar-refractivity contribution < 1.29 is 0 Å². The molecule has 1 aliphatic rings. The van der Waals surface area contributed by atoms with Crippen LogP contribution < -0.4 is 5.32 Å². The molecule has 106 valence electrons. The molecule has 0 radical (unpaired) electrons. The van der Waals surface area contributed by atoms with Gasteiger partial charge in [0.15, 0.2) is 0 Å². The van der Waals surface area contributed by atoms with Gasteiger partial charge in [-0.15, -0.1) is 0 Å². The maximum absolute atomic E-state index is 4.41. The van der Waals surface area contributed by atoms with Gasteiger partial charge >= 0.3 is 0 Å². The Bertz CT molecular complexity index is 352. The Kier molecular flexibility index (Phi) is 5.80. The average Bonchev–Trinajstić information content (AvgIpc) is 2.43. The van der Waals surface area contributed by atoms with Gasteiger partial charge in [-0.05, 0) is 51.4 Å². The van der Waals surface area contributed by atoms with E-state index in [2.05, 4.69) is 41.2 Å². The lowest BCUT2D eigenvalue weighted by molar-refractivity contribution is 0.214. The number of rotatable bonds is 4. The van der Waals surface area contributed by atoms with Gasteiger partial charge in [-0.3, -0.25) is 4.98 Å². The lowest BCUT2D eigenvalue weighted by Gasteiger charge is -2.31. The molecule has 2 unspecified atom stereocenters. The SMILES string of the molecule is CCC1CCN(CCc2ccccn2)CCC(C)N1. The number of nitrogens with one attached hydrogen (secondary N) is 1. The van der Waals surface area contributed by atoms with Gasteiger partial charge in [-0.2, -0.15) is 0 Å². The highest BCUT2D eigenvalue weighted by Crippen LogP contribution is 2.09. The molecule has 1 aliphatic heterocycles. The van der Waals surface area contributed by atoms with Gasteiger partial charge in [-0.1, -0.05) is 13.0 Å². The Hall–Kier alpha value is -0.930. The molecule has 0 aliphatic carbocycles. The molecule has 0 bridgehead atoms. The van der Waals surface area contributed by atoms with Crippen LogP contribution in [0.5, 0.6) is 0 Å². The number of hydrogen-bond donors (Lipinski definition) is 1. The van der Waals surface area contributed by atoms with Crippen molar-refractivity contribution in [2.45, 2.75) is 51.6 Å². The minimum Gasteiger partial charge on any atom is -0.311 e. The number of hydrogen-bond acceptors (Lipinski definition) is 3. The van der Waals surface area contributed by atoms with Crippen molar-refractivity contribution in [1.29, 1.82) is 0 Å². The fourth-order valence-corrected chi connectivity index (χ4v) is 2.76. The van der Waals surface area contributed by atoms with E-state index in [9.17, 15) is 0 Å². The third kappa shape index (κ3) is 4.92. The molecule has 1 fully saturated rings. The highest BCUT2D eigenvalue weighted by molar-refractivity contribution is 5.03. The first kappa shape index (κ1) is 14.5. The molecule has 2 rings (SSSR count). The average molecular weight is 261 g/mol. The number of pyridine rings is 1. The monoisotopic (exact) mass is 261 g/mol. The zero-order valence-corrected chi connectivity index (χ0v) is 12.3. The molecule has 3 heteroatoms. The first-order valence-electron chi connectivity index (χ1n) is 7.66. The molecule has 1 aromatic rings. The number of nitrogens with zero attached hydrogens (tertiary/aromatic N) is 2. The molecule has 19 heavy (non-hydrogen) atoms. The van der Waals surface area contributed by atoms with Crippen molar-refractivity contribution in [2.24, 2.45) is 0 Å². The minimum absolute atomic E-state index is 0.641. The Morgan fingerprint density at radius 3 is 2.89 bits per heavy atom. The van der Waals surface area contributed by atoms with Gasteiger partial charge in [0.25, 0.3) is 0 Å². The van der Waals surface area contributed by atoms with E-state index < -0.39 is 0 Å². The summed E-state index contributed by atoms with van der Waals surface area (Å²) in [4.78, 5) is 7.02. The van der Waals surface area contributed by atoms with Crippen LogP contribution in [-0.4, -0.2) is 41.6 Å². The molecule has 2 atom stereocenters. The third-order valence-electron chi connectivity index (χ3n) is 4.10. The van der Waals surface area contributed by atoms with Crippen molar-refractivity contribution in [1.82, 2.24) is 15.2 Å². The Morgan fingerprint density at radius 2 is 2.16 bits per heavy atom. The van der Waals surface area contributed by atoms with E-state index in [4.69, 9.17) is 0 Å². The summed E-state index contributed by atoms with van der Waals surface area (Å²) in [5.74, 6) is 0. The zero-order valence-electron chi connectivity index (χ0n) is 12.3. The van der Waals surface area contributed by atoms with Crippen LogP contribution in [0.1, 0.15) is 38.8 Å². The summed E-state index contributed by atoms with van der Waals surface area (Å²) in [6.07, 6.45) is 6.71. The Balaban J connectivity index is 1.82. The van der Waals surface area contributed by atoms with Crippen molar-refractivity contribution in [3.8, 4) is 0 Å². The number of aromatic nitrogens is 1. The van der Waals surface area contributed by atoms with Crippen LogP contribution >= 0.6 is 0 Å². The molecule has 0 spiro atoms. The van der Waals surface area contributed by atoms with Crippen LogP contribution in [0.3, 0.4) is 0 Å². The topological polar surface area (TPSA) is 28.2 Å². The molecule has 1 aromatic heterocycles. The summed E-state index contributed by atoms with van der Waals surface area (Å²) in [5.41, 5.74) is 1.21. The second-order valence-electron chi connectivity index (χ2n) is 5.66. The molecule has 1 saturated heterocycles. The molecule has 2 heterocycles. The summed E-state index contributed by atoms with van der Waals surface area (Å²) < 4.78 is 0. The molecule has 0 saturated carbocycles. The third-order valence-corrected chi connectivity index (χ3v) is 4.10. The summed E-state index contributed by atoms with van der Waals surface area (Å²) in [7, 11) is 0. The van der Waals surface area contributed by atoms with Gasteiger partial charge < -0.3 is 10.2 Å². The molecular weight excluding hydrogens is 234 g/mol. The summed E-state index contributed by atoms with van der Waals surface area (Å²) in [6, 6.07) is 7.52. The van der Waals surface area contributed by atoms with E-state index in [1.54, 1.807) is 0 Å². The normalized spacial score (nSPS) is 25.8. The maximum atomic E-state index is 4.41. The van der Waals surface area contributed by atoms with Crippen LogP contribution in [0.25, 0.3) is 0 Å². The lowest BCUT2D eigenvalue weighted by Crippen LogP contribution is -2.44. The minimum atomic E-state index is 0.641. The van der Waals surface area contributed by atoms with Gasteiger partial charge in [0, 0.05) is 36.9 Å². The first-order valence-corrected chi connectivity index (χ1v) is 7.66. The van der Waals surface area contributed by atoms with Crippen molar-refractivity contribution in [3.63, 3.8) is 0 Å². The van der Waals surface area contributed by atoms with Crippen LogP contribution in [0.4, 0.5) is 0 Å². The smallest absolute Gasteiger partial charge is 0.0416 e. The second kappa shape index (κ2) is 7.61. The van der Waals surface area contributed by atoms with E-state index in [0.29, 0.717) is 12.1 Å². The van der Waals surface area contributed by atoms with Crippen molar-refractivity contribution in [2.75, 3.05) is 19.6 Å². The Morgan fingerprint density at radius 1 is 1.32 bits per heavy atom. The molecule has 0 amide bonds. The van der Waals surface area contributed by atoms with E-state index in [1.807, 2.05) is 12.3 Å². The summed E-state index contributed by atoms with van der Waals surface area (Å²) in [6.45, 7) is 8.15. The quantitative estimate of drug-likeness (QED) is 0.902. The molecule has 3 nitrogen and oxygen atoms in total. The predicted octanol–water partition coefficient (Wildman–Crippen LogP) is 2.48. The van der Waals surface area contributed by atoms with E-state index in [0.717, 1.165) is 13.0 Å². The van der Waals surface area contributed by atoms with Crippen LogP contribution in [0, 0.1) is 0 Å². The van der Waals surface area contributed by atoms with Crippen molar-refractivity contribution in [3.05, 3.63) is 30.1 Å². The summed E-state index contributed by atoms with van der Waals surface area (Å²) in [5, 5.41) is 3.72. The Labute approximate surface area is 117 Å². The standard InChI is InChI=1S/C16H27N3/c1-3-15-8-12-19(11-7-14(2)18-15)13-9-16-6-4-5-10-17-16/h4-6,10,14-15,18H,3,7-9,11-13H2,1-2H3. The predicted molar refractivity (Wildman–Crippen MR) is 80.3 cm³/mol. The van der Waals surface area contributed by atoms with Crippen LogP contribution in [-0.2, 0) is 6.42 Å². The van der Waals surface area contributed by atoms with Gasteiger partial charge in [0.1, 0.15) is 0 Å². The van der Waals surface area contributed by atoms with Crippen LogP contribution in [0.15, 0.2) is 24.4 Å².